The molecule has 2 aromatic rings. The van der Waals surface area contributed by atoms with Crippen molar-refractivity contribution in [2.45, 2.75) is 26.4 Å². The molecule has 24 heavy (non-hydrogen) atoms. The van der Waals surface area contributed by atoms with Crippen molar-refractivity contribution in [3.8, 4) is 0 Å². The third-order valence-corrected chi connectivity index (χ3v) is 3.73. The zero-order chi connectivity index (χ0) is 17.4. The summed E-state index contributed by atoms with van der Waals surface area (Å²) in [6, 6.07) is 16.7. The van der Waals surface area contributed by atoms with Gasteiger partial charge < -0.3 is 10.6 Å². The van der Waals surface area contributed by atoms with Gasteiger partial charge in [-0.1, -0.05) is 60.2 Å². The molecule has 1 atom stereocenters. The van der Waals surface area contributed by atoms with Crippen molar-refractivity contribution in [3.63, 3.8) is 0 Å². The van der Waals surface area contributed by atoms with Crippen molar-refractivity contribution in [1.29, 1.82) is 0 Å². The molecule has 2 aromatic carbocycles. The first-order valence-corrected chi connectivity index (χ1v) is 8.12. The third-order valence-electron chi connectivity index (χ3n) is 3.73. The van der Waals surface area contributed by atoms with Crippen LogP contribution in [0.15, 0.2) is 54.6 Å². The molecule has 0 aromatic heterocycles. The predicted molar refractivity (Wildman–Crippen MR) is 93.2 cm³/mol. The maximum atomic E-state index is 12.5. The number of rotatable bonds is 6. The number of quaternary nitrogens is 1. The minimum absolute atomic E-state index is 0.320. The van der Waals surface area contributed by atoms with Crippen LogP contribution in [0.3, 0.4) is 0 Å². The van der Waals surface area contributed by atoms with Gasteiger partial charge in [0.05, 0.1) is 0 Å². The minimum Gasteiger partial charge on any atom is -0.338 e. The quantitative estimate of drug-likeness (QED) is 0.755. The van der Waals surface area contributed by atoms with E-state index in [-0.39, 0.29) is 5.91 Å². The van der Waals surface area contributed by atoms with E-state index < -0.39 is 12.1 Å². The molecule has 5 heteroatoms. The summed E-state index contributed by atoms with van der Waals surface area (Å²) in [7, 11) is 0. The Labute approximate surface area is 142 Å². The lowest BCUT2D eigenvalue weighted by Gasteiger charge is -2.15. The average Bonchev–Trinajstić information content (AvgIpc) is 2.58. The fourth-order valence-corrected chi connectivity index (χ4v) is 2.43. The molecule has 3 amide bonds. The second-order valence-electron chi connectivity index (χ2n) is 5.66. The number of amides is 3. The number of nitrogens with two attached hydrogens (primary N) is 1. The van der Waals surface area contributed by atoms with E-state index >= 15 is 0 Å². The number of hydrogen-bond acceptors (Lipinski definition) is 2. The van der Waals surface area contributed by atoms with Gasteiger partial charge in [0.25, 0.3) is 5.91 Å². The van der Waals surface area contributed by atoms with E-state index in [0.29, 0.717) is 13.1 Å². The number of carbonyl (C=O) groups is 2. The fraction of sp³-hybridized carbons (Fsp3) is 0.263. The Morgan fingerprint density at radius 1 is 1.04 bits per heavy atom. The number of nitrogens with one attached hydrogen (secondary N) is 2. The van der Waals surface area contributed by atoms with E-state index in [9.17, 15) is 9.59 Å². The van der Waals surface area contributed by atoms with Crippen LogP contribution >= 0.6 is 0 Å². The first-order valence-electron chi connectivity index (χ1n) is 8.12. The largest absolute Gasteiger partial charge is 0.338 e. The van der Waals surface area contributed by atoms with Gasteiger partial charge >= 0.3 is 6.03 Å². The summed E-state index contributed by atoms with van der Waals surface area (Å²) in [5.41, 5.74) is 3.20. The van der Waals surface area contributed by atoms with E-state index in [2.05, 4.69) is 34.9 Å². The summed E-state index contributed by atoms with van der Waals surface area (Å²) in [4.78, 5) is 24.1. The minimum atomic E-state index is -0.477. The summed E-state index contributed by atoms with van der Waals surface area (Å²) in [6.07, 6.45) is 0. The van der Waals surface area contributed by atoms with E-state index in [0.717, 1.165) is 11.1 Å². The van der Waals surface area contributed by atoms with Crippen LogP contribution in [0, 0.1) is 6.92 Å². The van der Waals surface area contributed by atoms with Gasteiger partial charge in [0.2, 0.25) is 0 Å². The van der Waals surface area contributed by atoms with Gasteiger partial charge in [-0.25, -0.2) is 4.79 Å². The summed E-state index contributed by atoms with van der Waals surface area (Å²) in [5, 5.41) is 6.92. The predicted octanol–water partition coefficient (Wildman–Crippen LogP) is 1.65. The molecule has 0 aliphatic heterocycles. The molecule has 0 heterocycles. The lowest BCUT2D eigenvalue weighted by atomic mass is 10.1. The van der Waals surface area contributed by atoms with E-state index in [1.807, 2.05) is 49.5 Å². The molecule has 0 aliphatic carbocycles. The third kappa shape index (κ3) is 5.21. The Bertz CT molecular complexity index is 669. The van der Waals surface area contributed by atoms with Crippen molar-refractivity contribution in [1.82, 2.24) is 10.6 Å². The highest BCUT2D eigenvalue weighted by atomic mass is 16.2. The zero-order valence-corrected chi connectivity index (χ0v) is 14.1. The van der Waals surface area contributed by atoms with Gasteiger partial charge in [0, 0.05) is 17.7 Å². The lowest BCUT2D eigenvalue weighted by molar-refractivity contribution is -0.698. The molecular weight excluding hydrogens is 302 g/mol. The summed E-state index contributed by atoms with van der Waals surface area (Å²) >= 11 is 0. The highest BCUT2D eigenvalue weighted by Gasteiger charge is 2.25. The first-order chi connectivity index (χ1) is 11.6. The Morgan fingerprint density at radius 3 is 2.33 bits per heavy atom. The molecule has 0 saturated heterocycles. The number of urea groups is 1. The smallest absolute Gasteiger partial charge is 0.321 e. The highest BCUT2D eigenvalue weighted by molar-refractivity contribution is 5.96. The monoisotopic (exact) mass is 326 g/mol. The van der Waals surface area contributed by atoms with Crippen molar-refractivity contribution in [2.24, 2.45) is 0 Å². The Morgan fingerprint density at radius 2 is 1.71 bits per heavy atom. The van der Waals surface area contributed by atoms with Crippen molar-refractivity contribution >= 4 is 11.9 Å². The van der Waals surface area contributed by atoms with Crippen molar-refractivity contribution < 1.29 is 14.9 Å². The number of hydrogen-bond donors (Lipinski definition) is 3. The number of aryl methyl sites for hydroxylation is 1. The van der Waals surface area contributed by atoms with Crippen LogP contribution in [-0.4, -0.2) is 18.5 Å². The lowest BCUT2D eigenvalue weighted by Crippen LogP contribution is -2.86. The second kappa shape index (κ2) is 8.84. The van der Waals surface area contributed by atoms with Crippen LogP contribution in [0.1, 0.15) is 29.7 Å². The van der Waals surface area contributed by atoms with Crippen LogP contribution in [-0.2, 0) is 11.3 Å². The van der Waals surface area contributed by atoms with Gasteiger partial charge in [0.15, 0.2) is 6.04 Å². The molecule has 2 rings (SSSR count). The number of benzene rings is 2. The van der Waals surface area contributed by atoms with E-state index in [1.54, 1.807) is 0 Å². The molecule has 0 saturated carbocycles. The molecule has 0 fully saturated rings. The molecule has 4 N–H and O–H groups in total. The first kappa shape index (κ1) is 17.7. The fourth-order valence-electron chi connectivity index (χ4n) is 2.43. The van der Waals surface area contributed by atoms with Crippen molar-refractivity contribution in [2.75, 3.05) is 6.54 Å². The van der Waals surface area contributed by atoms with Crippen LogP contribution in [0.2, 0.25) is 0 Å². The number of carbonyl (C=O) groups excluding carboxylic acids is 2. The Hall–Kier alpha value is -2.66. The van der Waals surface area contributed by atoms with Gasteiger partial charge in [-0.15, -0.1) is 0 Å². The Kier molecular flexibility index (Phi) is 6.51. The van der Waals surface area contributed by atoms with E-state index in [4.69, 9.17) is 0 Å². The van der Waals surface area contributed by atoms with Crippen LogP contribution in [0.25, 0.3) is 0 Å². The van der Waals surface area contributed by atoms with E-state index in [1.165, 1.54) is 5.56 Å². The van der Waals surface area contributed by atoms with Gasteiger partial charge in [0.1, 0.15) is 6.54 Å². The molecular formula is C19H24N3O2+. The molecule has 5 nitrogen and oxygen atoms in total. The maximum Gasteiger partial charge on any atom is 0.321 e. The van der Waals surface area contributed by atoms with Gasteiger partial charge in [-0.2, -0.15) is 0 Å². The highest BCUT2D eigenvalue weighted by Crippen LogP contribution is 2.09. The van der Waals surface area contributed by atoms with Crippen LogP contribution < -0.4 is 16.0 Å². The normalized spacial score (nSPS) is 11.6. The molecule has 0 radical (unpaired) electrons. The van der Waals surface area contributed by atoms with Crippen LogP contribution in [0.5, 0.6) is 0 Å². The number of imide groups is 1. The molecule has 0 spiro atoms. The molecule has 0 unspecified atom stereocenters. The average molecular weight is 326 g/mol. The summed E-state index contributed by atoms with van der Waals surface area (Å²) < 4.78 is 0. The summed E-state index contributed by atoms with van der Waals surface area (Å²) in [5.74, 6) is -0.320. The Balaban J connectivity index is 2.09. The topological polar surface area (TPSA) is 74.8 Å². The zero-order valence-electron chi connectivity index (χ0n) is 14.1. The molecule has 0 aliphatic rings. The SMILES string of the molecule is CCNC(=O)NC(=O)[C@H]([NH2+]Cc1ccc(C)cc1)c1ccccc1. The summed E-state index contributed by atoms with van der Waals surface area (Å²) in [6.45, 7) is 4.98. The molecule has 0 bridgehead atoms. The second-order valence-corrected chi connectivity index (χ2v) is 5.66. The standard InChI is InChI=1S/C19H23N3O2/c1-3-20-19(24)22-18(23)17(16-7-5-4-6-8-16)21-13-15-11-9-14(2)10-12-15/h4-12,17,21H,3,13H2,1-2H3,(H2,20,22,23,24)/p+1/t17-/m1/s1. The van der Waals surface area contributed by atoms with Crippen LogP contribution in [0.4, 0.5) is 4.79 Å². The maximum absolute atomic E-state index is 12.5. The van der Waals surface area contributed by atoms with Gasteiger partial charge in [-0.3, -0.25) is 10.1 Å². The van der Waals surface area contributed by atoms with Crippen molar-refractivity contribution in [3.05, 3.63) is 71.3 Å². The molecule has 126 valence electrons. The van der Waals surface area contributed by atoms with Gasteiger partial charge in [-0.05, 0) is 13.8 Å².